The van der Waals surface area contributed by atoms with E-state index in [-0.39, 0.29) is 24.3 Å². The maximum Gasteiger partial charge on any atom is 0.272 e. The highest BCUT2D eigenvalue weighted by molar-refractivity contribution is 6.31. The second-order valence-electron chi connectivity index (χ2n) is 5.44. The number of amides is 3. The average molecular weight is 378 g/mol. The molecule has 0 aliphatic carbocycles. The third-order valence-corrected chi connectivity index (χ3v) is 3.96. The summed E-state index contributed by atoms with van der Waals surface area (Å²) in [5.74, 6) is -2.43. The minimum Gasteiger partial charge on any atom is -0.326 e. The van der Waals surface area contributed by atoms with Crippen LogP contribution < -0.4 is 16.2 Å². The van der Waals surface area contributed by atoms with Crippen molar-refractivity contribution in [3.05, 3.63) is 64.4 Å². The van der Waals surface area contributed by atoms with Gasteiger partial charge in [0.2, 0.25) is 11.8 Å². The van der Waals surface area contributed by atoms with E-state index in [1.807, 2.05) is 0 Å². The Kier molecular flexibility index (Phi) is 6.68. The van der Waals surface area contributed by atoms with E-state index in [2.05, 4.69) is 16.2 Å². The van der Waals surface area contributed by atoms with Gasteiger partial charge < -0.3 is 5.32 Å². The molecule has 0 saturated heterocycles. The summed E-state index contributed by atoms with van der Waals surface area (Å²) >= 11 is 5.98. The number of nitrogens with one attached hydrogen (secondary N) is 3. The lowest BCUT2D eigenvalue weighted by Gasteiger charge is -2.10. The summed E-state index contributed by atoms with van der Waals surface area (Å²) in [6.07, 6.45) is -0.240. The van der Waals surface area contributed by atoms with Gasteiger partial charge in [-0.05, 0) is 36.8 Å². The van der Waals surface area contributed by atoms with Gasteiger partial charge in [0, 0.05) is 23.6 Å². The lowest BCUT2D eigenvalue weighted by atomic mass is 10.2. The normalized spacial score (nSPS) is 10.1. The number of hydrogen-bond donors (Lipinski definition) is 3. The van der Waals surface area contributed by atoms with E-state index >= 15 is 0 Å². The fourth-order valence-electron chi connectivity index (χ4n) is 2.08. The molecule has 0 saturated carbocycles. The van der Waals surface area contributed by atoms with Crippen LogP contribution in [0.5, 0.6) is 0 Å². The molecule has 0 fully saturated rings. The van der Waals surface area contributed by atoms with Crippen molar-refractivity contribution in [2.75, 3.05) is 5.32 Å². The number of carbonyl (C=O) groups excluding carboxylic acids is 3. The van der Waals surface area contributed by atoms with Crippen molar-refractivity contribution in [2.45, 2.75) is 19.8 Å². The lowest BCUT2D eigenvalue weighted by molar-refractivity contribution is -0.124. The molecule has 0 bridgehead atoms. The number of hydrogen-bond acceptors (Lipinski definition) is 3. The van der Waals surface area contributed by atoms with E-state index in [1.54, 1.807) is 25.1 Å². The van der Waals surface area contributed by atoms with Crippen molar-refractivity contribution in [3.63, 3.8) is 0 Å². The maximum atomic E-state index is 13.5. The molecule has 0 spiro atoms. The summed E-state index contributed by atoms with van der Waals surface area (Å²) in [5.41, 5.74) is 5.34. The molecule has 2 rings (SSSR count). The Morgan fingerprint density at radius 2 is 1.65 bits per heavy atom. The summed E-state index contributed by atoms with van der Waals surface area (Å²) in [6.45, 7) is 1.77. The maximum absolute atomic E-state index is 13.5. The minimum atomic E-state index is -0.782. The average Bonchev–Trinajstić information content (AvgIpc) is 2.62. The molecule has 2 aromatic rings. The summed E-state index contributed by atoms with van der Waals surface area (Å²) < 4.78 is 13.5. The van der Waals surface area contributed by atoms with Crippen LogP contribution in [0.1, 0.15) is 28.8 Å². The number of halogens is 2. The first-order valence-electron chi connectivity index (χ1n) is 7.77. The first-order chi connectivity index (χ1) is 12.4. The Bertz CT molecular complexity index is 842. The first kappa shape index (κ1) is 19.4. The Hall–Kier alpha value is -2.93. The van der Waals surface area contributed by atoms with Crippen LogP contribution in [-0.4, -0.2) is 17.7 Å². The molecule has 136 valence electrons. The van der Waals surface area contributed by atoms with Gasteiger partial charge in [-0.15, -0.1) is 0 Å². The molecule has 3 amide bonds. The largest absolute Gasteiger partial charge is 0.326 e. The number of benzene rings is 2. The second kappa shape index (κ2) is 8.96. The molecule has 0 atom stereocenters. The molecular weight excluding hydrogens is 361 g/mol. The van der Waals surface area contributed by atoms with Gasteiger partial charge in [-0.3, -0.25) is 25.2 Å². The predicted octanol–water partition coefficient (Wildman–Crippen LogP) is 2.97. The first-order valence-corrected chi connectivity index (χ1v) is 8.15. The highest BCUT2D eigenvalue weighted by Crippen LogP contribution is 2.23. The zero-order chi connectivity index (χ0) is 19.1. The van der Waals surface area contributed by atoms with E-state index in [0.717, 1.165) is 11.6 Å². The van der Waals surface area contributed by atoms with Crippen LogP contribution in [0.3, 0.4) is 0 Å². The molecule has 0 aliphatic heterocycles. The van der Waals surface area contributed by atoms with Gasteiger partial charge in [-0.1, -0.05) is 29.8 Å². The van der Waals surface area contributed by atoms with Crippen LogP contribution in [0.4, 0.5) is 10.1 Å². The van der Waals surface area contributed by atoms with Crippen LogP contribution in [0.15, 0.2) is 42.5 Å². The molecule has 2 aromatic carbocycles. The SMILES string of the molecule is Cc1c(Cl)cccc1NC(=O)CCC(=O)NNC(=O)c1ccccc1F. The molecule has 0 radical (unpaired) electrons. The molecule has 0 heterocycles. The molecule has 0 unspecified atom stereocenters. The van der Waals surface area contributed by atoms with Crippen molar-refractivity contribution in [2.24, 2.45) is 0 Å². The van der Waals surface area contributed by atoms with E-state index in [1.165, 1.54) is 18.2 Å². The highest BCUT2D eigenvalue weighted by atomic mass is 35.5. The summed E-state index contributed by atoms with van der Waals surface area (Å²) in [4.78, 5) is 35.4. The zero-order valence-corrected chi connectivity index (χ0v) is 14.7. The molecule has 0 aromatic heterocycles. The highest BCUT2D eigenvalue weighted by Gasteiger charge is 2.13. The van der Waals surface area contributed by atoms with E-state index in [9.17, 15) is 18.8 Å². The topological polar surface area (TPSA) is 87.3 Å². The summed E-state index contributed by atoms with van der Waals surface area (Å²) in [6, 6.07) is 10.5. The van der Waals surface area contributed by atoms with Crippen molar-refractivity contribution >= 4 is 35.0 Å². The van der Waals surface area contributed by atoms with E-state index in [0.29, 0.717) is 10.7 Å². The smallest absolute Gasteiger partial charge is 0.272 e. The van der Waals surface area contributed by atoms with Gasteiger partial charge in [0.1, 0.15) is 5.82 Å². The monoisotopic (exact) mass is 377 g/mol. The number of carbonyl (C=O) groups is 3. The number of hydrazine groups is 1. The predicted molar refractivity (Wildman–Crippen MR) is 96.1 cm³/mol. The van der Waals surface area contributed by atoms with Crippen molar-refractivity contribution in [1.29, 1.82) is 0 Å². The van der Waals surface area contributed by atoms with Crippen LogP contribution in [0, 0.1) is 12.7 Å². The Morgan fingerprint density at radius 3 is 2.38 bits per heavy atom. The third-order valence-electron chi connectivity index (χ3n) is 3.55. The van der Waals surface area contributed by atoms with Gasteiger partial charge in [-0.2, -0.15) is 0 Å². The minimum absolute atomic E-state index is 0.0899. The Balaban J connectivity index is 1.78. The fraction of sp³-hybridized carbons (Fsp3) is 0.167. The van der Waals surface area contributed by atoms with Gasteiger partial charge in [0.15, 0.2) is 0 Å². The molecule has 3 N–H and O–H groups in total. The Labute approximate surface area is 154 Å². The van der Waals surface area contributed by atoms with Crippen LogP contribution in [-0.2, 0) is 9.59 Å². The van der Waals surface area contributed by atoms with Crippen molar-refractivity contribution in [3.8, 4) is 0 Å². The van der Waals surface area contributed by atoms with Crippen LogP contribution in [0.25, 0.3) is 0 Å². The molecule has 6 nitrogen and oxygen atoms in total. The van der Waals surface area contributed by atoms with E-state index in [4.69, 9.17) is 11.6 Å². The molecule has 0 aliphatic rings. The van der Waals surface area contributed by atoms with Crippen LogP contribution in [0.2, 0.25) is 5.02 Å². The molecule has 26 heavy (non-hydrogen) atoms. The quantitative estimate of drug-likeness (QED) is 0.700. The Morgan fingerprint density at radius 1 is 0.962 bits per heavy atom. The standard InChI is InChI=1S/C18H17ClFN3O3/c1-11-13(19)6-4-8-15(11)21-16(24)9-10-17(25)22-23-18(26)12-5-2-3-7-14(12)20/h2-8H,9-10H2,1H3,(H,21,24)(H,22,25)(H,23,26). The van der Waals surface area contributed by atoms with Gasteiger partial charge in [0.25, 0.3) is 5.91 Å². The van der Waals surface area contributed by atoms with Gasteiger partial charge in [-0.25, -0.2) is 4.39 Å². The summed E-state index contributed by atoms with van der Waals surface area (Å²) in [7, 11) is 0. The molecular formula is C18H17ClFN3O3. The number of rotatable bonds is 5. The van der Waals surface area contributed by atoms with Crippen molar-refractivity contribution in [1.82, 2.24) is 10.9 Å². The molecule has 8 heteroatoms. The summed E-state index contributed by atoms with van der Waals surface area (Å²) in [5, 5.41) is 3.19. The van der Waals surface area contributed by atoms with E-state index < -0.39 is 17.6 Å². The van der Waals surface area contributed by atoms with Gasteiger partial charge >= 0.3 is 0 Å². The zero-order valence-electron chi connectivity index (χ0n) is 13.9. The second-order valence-corrected chi connectivity index (χ2v) is 5.85. The number of anilines is 1. The fourth-order valence-corrected chi connectivity index (χ4v) is 2.26. The van der Waals surface area contributed by atoms with Crippen molar-refractivity contribution < 1.29 is 18.8 Å². The lowest BCUT2D eigenvalue weighted by Crippen LogP contribution is -2.42. The third kappa shape index (κ3) is 5.29. The van der Waals surface area contributed by atoms with Crippen LogP contribution >= 0.6 is 11.6 Å². The van der Waals surface area contributed by atoms with Gasteiger partial charge in [0.05, 0.1) is 5.56 Å².